The van der Waals surface area contributed by atoms with Crippen molar-refractivity contribution in [1.29, 1.82) is 0 Å². The Balaban J connectivity index is 2.28. The van der Waals surface area contributed by atoms with Crippen molar-refractivity contribution in [2.75, 3.05) is 11.1 Å². The highest BCUT2D eigenvalue weighted by molar-refractivity contribution is 7.99. The lowest BCUT2D eigenvalue weighted by atomic mass is 10.1. The van der Waals surface area contributed by atoms with Gasteiger partial charge in [0.05, 0.1) is 16.2 Å². The average molecular weight is 468 g/mol. The third-order valence-corrected chi connectivity index (χ3v) is 5.97. The van der Waals surface area contributed by atoms with Crippen molar-refractivity contribution in [3.63, 3.8) is 0 Å². The van der Waals surface area contributed by atoms with E-state index < -0.39 is 38.2 Å². The summed E-state index contributed by atoms with van der Waals surface area (Å²) in [6.07, 6.45) is -0.0365. The van der Waals surface area contributed by atoms with Crippen LogP contribution in [0.3, 0.4) is 0 Å². The van der Waals surface area contributed by atoms with Crippen molar-refractivity contribution >= 4 is 39.1 Å². The van der Waals surface area contributed by atoms with E-state index in [-0.39, 0.29) is 17.0 Å². The van der Waals surface area contributed by atoms with Crippen LogP contribution in [0.4, 0.5) is 11.4 Å². The minimum absolute atomic E-state index is 0.0365. The first-order chi connectivity index (χ1) is 14.3. The summed E-state index contributed by atoms with van der Waals surface area (Å²) in [5.74, 6) is -0.0420. The zero-order chi connectivity index (χ0) is 23.2. The van der Waals surface area contributed by atoms with Crippen LogP contribution in [0.5, 0.6) is 0 Å². The molecule has 0 bridgehead atoms. The molecular formula is C20H25N3O6S2. The summed E-state index contributed by atoms with van der Waals surface area (Å²) in [7, 11) is -4.10. The summed E-state index contributed by atoms with van der Waals surface area (Å²) in [5.41, 5.74) is -1.04. The van der Waals surface area contributed by atoms with E-state index in [1.807, 2.05) is 30.3 Å². The Morgan fingerprint density at radius 3 is 2.42 bits per heavy atom. The number of hydrogen-bond acceptors (Lipinski definition) is 8. The third-order valence-electron chi connectivity index (χ3n) is 3.88. The van der Waals surface area contributed by atoms with Gasteiger partial charge in [-0.2, -0.15) is 0 Å². The van der Waals surface area contributed by atoms with Gasteiger partial charge in [0.25, 0.3) is 5.69 Å². The molecule has 1 unspecified atom stereocenters. The summed E-state index contributed by atoms with van der Waals surface area (Å²) in [4.78, 5) is 23.8. The Kier molecular flexibility index (Phi) is 8.04. The number of nitrogens with one attached hydrogen (secondary N) is 1. The molecule has 0 saturated heterocycles. The number of hydrogen-bond donors (Lipinski definition) is 2. The number of carbonyl (C=O) groups excluding carboxylic acids is 1. The van der Waals surface area contributed by atoms with E-state index in [4.69, 9.17) is 9.88 Å². The first kappa shape index (κ1) is 24.6. The van der Waals surface area contributed by atoms with Gasteiger partial charge in [-0.3, -0.25) is 14.9 Å². The second-order valence-corrected chi connectivity index (χ2v) is 10.4. The Bertz CT molecular complexity index is 1040. The lowest BCUT2D eigenvalue weighted by molar-refractivity contribution is -0.384. The normalized spacial score (nSPS) is 12.8. The Morgan fingerprint density at radius 1 is 1.23 bits per heavy atom. The van der Waals surface area contributed by atoms with Crippen LogP contribution in [0.15, 0.2) is 58.3 Å². The molecule has 0 spiro atoms. The van der Waals surface area contributed by atoms with Gasteiger partial charge in [-0.05, 0) is 45.0 Å². The number of thioether (sulfide) groups is 1. The highest BCUT2D eigenvalue weighted by atomic mass is 32.2. The molecule has 11 heteroatoms. The van der Waals surface area contributed by atoms with Crippen LogP contribution < -0.4 is 10.5 Å². The molecule has 9 nitrogen and oxygen atoms in total. The van der Waals surface area contributed by atoms with Crippen molar-refractivity contribution in [2.24, 2.45) is 5.14 Å². The molecule has 0 aliphatic carbocycles. The topological polar surface area (TPSA) is 142 Å². The molecule has 0 heterocycles. The number of anilines is 1. The van der Waals surface area contributed by atoms with E-state index in [0.717, 1.165) is 11.0 Å². The number of nitro groups is 1. The van der Waals surface area contributed by atoms with E-state index in [2.05, 4.69) is 5.32 Å². The number of primary sulfonamides is 1. The number of sulfonamides is 1. The SMILES string of the molecule is CC(C)(C)OC(=O)CC(CSc1ccccc1)Nc1ccc(S(N)(=O)=O)cc1[N+](=O)[O-]. The van der Waals surface area contributed by atoms with E-state index in [9.17, 15) is 23.3 Å². The molecule has 0 aliphatic rings. The first-order valence-electron chi connectivity index (χ1n) is 9.32. The van der Waals surface area contributed by atoms with Crippen LogP contribution in [-0.2, 0) is 19.6 Å². The quantitative estimate of drug-likeness (QED) is 0.247. The van der Waals surface area contributed by atoms with E-state index in [0.29, 0.717) is 5.75 Å². The lowest BCUT2D eigenvalue weighted by Gasteiger charge is -2.23. The molecule has 3 N–H and O–H groups in total. The Labute approximate surface area is 185 Å². The third kappa shape index (κ3) is 8.19. The molecule has 0 radical (unpaired) electrons. The number of nitro benzene ring substituents is 1. The maximum atomic E-state index is 12.4. The predicted octanol–water partition coefficient (Wildman–Crippen LogP) is 3.55. The maximum absolute atomic E-state index is 12.4. The van der Waals surface area contributed by atoms with Gasteiger partial charge in [-0.25, -0.2) is 13.6 Å². The predicted molar refractivity (Wildman–Crippen MR) is 120 cm³/mol. The monoisotopic (exact) mass is 467 g/mol. The largest absolute Gasteiger partial charge is 0.460 e. The van der Waals surface area contributed by atoms with Crippen molar-refractivity contribution < 1.29 is 22.9 Å². The van der Waals surface area contributed by atoms with Crippen LogP contribution in [0.1, 0.15) is 27.2 Å². The molecule has 0 aromatic heterocycles. The van der Waals surface area contributed by atoms with Crippen LogP contribution in [0.25, 0.3) is 0 Å². The van der Waals surface area contributed by atoms with Crippen LogP contribution in [0.2, 0.25) is 0 Å². The number of benzene rings is 2. The van der Waals surface area contributed by atoms with Crippen molar-refractivity contribution in [1.82, 2.24) is 0 Å². The summed E-state index contributed by atoms with van der Waals surface area (Å²) in [6, 6.07) is 12.3. The van der Waals surface area contributed by atoms with Gasteiger partial charge in [-0.1, -0.05) is 18.2 Å². The smallest absolute Gasteiger partial charge is 0.308 e. The molecule has 1 atom stereocenters. The zero-order valence-corrected chi connectivity index (χ0v) is 19.0. The van der Waals surface area contributed by atoms with Gasteiger partial charge in [0, 0.05) is 22.8 Å². The standard InChI is InChI=1S/C20H25N3O6S2/c1-20(2,3)29-19(24)11-14(13-30-15-7-5-4-6-8-15)22-17-10-9-16(31(21,27)28)12-18(17)23(25)26/h4-10,12,14,22H,11,13H2,1-3H3,(H2,21,27,28). The van der Waals surface area contributed by atoms with Gasteiger partial charge in [0.15, 0.2) is 0 Å². The van der Waals surface area contributed by atoms with Crippen molar-refractivity contribution in [3.05, 3.63) is 58.6 Å². The maximum Gasteiger partial charge on any atom is 0.308 e. The zero-order valence-electron chi connectivity index (χ0n) is 17.4. The number of rotatable bonds is 9. The summed E-state index contributed by atoms with van der Waals surface area (Å²) in [6.45, 7) is 5.26. The van der Waals surface area contributed by atoms with Gasteiger partial charge >= 0.3 is 5.97 Å². The number of ether oxygens (including phenoxy) is 1. The fourth-order valence-electron chi connectivity index (χ4n) is 2.63. The molecule has 0 saturated carbocycles. The molecule has 168 valence electrons. The molecule has 0 amide bonds. The highest BCUT2D eigenvalue weighted by Gasteiger charge is 2.24. The summed E-state index contributed by atoms with van der Waals surface area (Å²) in [5, 5.41) is 19.6. The number of esters is 1. The molecule has 31 heavy (non-hydrogen) atoms. The van der Waals surface area contributed by atoms with Crippen LogP contribution in [-0.4, -0.2) is 36.7 Å². The molecule has 0 aliphatic heterocycles. The van der Waals surface area contributed by atoms with Gasteiger partial charge in [-0.15, -0.1) is 11.8 Å². The fraction of sp³-hybridized carbons (Fsp3) is 0.350. The second kappa shape index (κ2) is 10.1. The number of nitrogens with zero attached hydrogens (tertiary/aromatic N) is 1. The molecule has 2 rings (SSSR count). The minimum Gasteiger partial charge on any atom is -0.460 e. The highest BCUT2D eigenvalue weighted by Crippen LogP contribution is 2.29. The summed E-state index contributed by atoms with van der Waals surface area (Å²) < 4.78 is 28.5. The Morgan fingerprint density at radius 2 is 1.87 bits per heavy atom. The minimum atomic E-state index is -4.10. The Hall–Kier alpha value is -2.63. The van der Waals surface area contributed by atoms with E-state index in [1.165, 1.54) is 23.9 Å². The van der Waals surface area contributed by atoms with Gasteiger partial charge in [0.2, 0.25) is 10.0 Å². The summed E-state index contributed by atoms with van der Waals surface area (Å²) >= 11 is 1.47. The number of nitrogens with two attached hydrogens (primary N) is 1. The lowest BCUT2D eigenvalue weighted by Crippen LogP contribution is -2.31. The van der Waals surface area contributed by atoms with Crippen molar-refractivity contribution in [3.8, 4) is 0 Å². The van der Waals surface area contributed by atoms with E-state index in [1.54, 1.807) is 20.8 Å². The molecule has 0 fully saturated rings. The van der Waals surface area contributed by atoms with Gasteiger partial charge in [0.1, 0.15) is 11.3 Å². The van der Waals surface area contributed by atoms with Crippen molar-refractivity contribution in [2.45, 2.75) is 48.6 Å². The second-order valence-electron chi connectivity index (χ2n) is 7.74. The van der Waals surface area contributed by atoms with Gasteiger partial charge < -0.3 is 10.1 Å². The average Bonchev–Trinajstić information content (AvgIpc) is 2.64. The molecular weight excluding hydrogens is 442 g/mol. The fourth-order valence-corrected chi connectivity index (χ4v) is 4.11. The molecule has 2 aromatic rings. The van der Waals surface area contributed by atoms with Crippen LogP contribution in [0, 0.1) is 10.1 Å². The van der Waals surface area contributed by atoms with Crippen LogP contribution >= 0.6 is 11.8 Å². The van der Waals surface area contributed by atoms with E-state index >= 15 is 0 Å². The number of carbonyl (C=O) groups is 1. The first-order valence-corrected chi connectivity index (χ1v) is 11.9. The molecule has 2 aromatic carbocycles.